The van der Waals surface area contributed by atoms with Crippen molar-refractivity contribution in [2.75, 3.05) is 0 Å². The molecule has 0 fully saturated rings. The summed E-state index contributed by atoms with van der Waals surface area (Å²) in [6.45, 7) is 7.49. The normalized spacial score (nSPS) is 15.7. The van der Waals surface area contributed by atoms with Crippen LogP contribution in [0.3, 0.4) is 0 Å². The zero-order valence-corrected chi connectivity index (χ0v) is 12.6. The van der Waals surface area contributed by atoms with Gasteiger partial charge in [0.15, 0.2) is 5.60 Å². The average Bonchev–Trinajstić information content (AvgIpc) is 2.38. The standard InChI is InChI=1S/C16H24O4/c1-5-10-16(19,15(17)18)12(4)13-6-8-14(9-7-13)20-11(2)3/h6-9,11-12,19H,5,10H2,1-4H3,(H,17,18). The number of hydrogen-bond acceptors (Lipinski definition) is 3. The first-order chi connectivity index (χ1) is 9.31. The van der Waals surface area contributed by atoms with Crippen molar-refractivity contribution in [2.45, 2.75) is 58.2 Å². The number of carboxylic acid groups (broad SMARTS) is 1. The zero-order valence-electron chi connectivity index (χ0n) is 12.6. The first-order valence-corrected chi connectivity index (χ1v) is 7.03. The van der Waals surface area contributed by atoms with Crippen LogP contribution < -0.4 is 4.74 Å². The van der Waals surface area contributed by atoms with Gasteiger partial charge in [-0.05, 0) is 38.0 Å². The van der Waals surface area contributed by atoms with E-state index in [0.29, 0.717) is 6.42 Å². The Morgan fingerprint density at radius 1 is 1.25 bits per heavy atom. The smallest absolute Gasteiger partial charge is 0.336 e. The molecule has 1 aromatic carbocycles. The van der Waals surface area contributed by atoms with Gasteiger partial charge in [0.1, 0.15) is 5.75 Å². The quantitative estimate of drug-likeness (QED) is 0.805. The minimum Gasteiger partial charge on any atom is -0.491 e. The van der Waals surface area contributed by atoms with E-state index in [1.807, 2.05) is 32.9 Å². The molecule has 0 saturated carbocycles. The molecule has 1 rings (SSSR count). The molecule has 2 unspecified atom stereocenters. The van der Waals surface area contributed by atoms with E-state index in [1.165, 1.54) is 0 Å². The van der Waals surface area contributed by atoms with Crippen LogP contribution in [0.5, 0.6) is 5.75 Å². The lowest BCUT2D eigenvalue weighted by Crippen LogP contribution is -2.43. The van der Waals surface area contributed by atoms with Crippen LogP contribution in [0.1, 0.15) is 52.0 Å². The number of rotatable bonds is 7. The second-order valence-electron chi connectivity index (χ2n) is 5.44. The highest BCUT2D eigenvalue weighted by Crippen LogP contribution is 2.33. The topological polar surface area (TPSA) is 66.8 Å². The van der Waals surface area contributed by atoms with Gasteiger partial charge >= 0.3 is 5.97 Å². The summed E-state index contributed by atoms with van der Waals surface area (Å²) in [5.41, 5.74) is -0.936. The van der Waals surface area contributed by atoms with Crippen molar-refractivity contribution < 1.29 is 19.7 Å². The molecule has 4 nitrogen and oxygen atoms in total. The molecule has 0 heterocycles. The molecule has 0 amide bonds. The van der Waals surface area contributed by atoms with Crippen molar-refractivity contribution in [3.8, 4) is 5.75 Å². The van der Waals surface area contributed by atoms with Gasteiger partial charge in [-0.1, -0.05) is 32.4 Å². The number of ether oxygens (including phenoxy) is 1. The molecule has 0 aromatic heterocycles. The van der Waals surface area contributed by atoms with Gasteiger partial charge in [-0.2, -0.15) is 0 Å². The van der Waals surface area contributed by atoms with E-state index in [4.69, 9.17) is 4.74 Å². The van der Waals surface area contributed by atoms with Gasteiger partial charge in [0.25, 0.3) is 0 Å². The van der Waals surface area contributed by atoms with E-state index < -0.39 is 17.5 Å². The number of benzene rings is 1. The SMILES string of the molecule is CCCC(O)(C(=O)O)C(C)c1ccc(OC(C)C)cc1. The molecule has 1 aromatic rings. The number of aliphatic carboxylic acids is 1. The van der Waals surface area contributed by atoms with Gasteiger partial charge in [0.2, 0.25) is 0 Å². The molecule has 0 spiro atoms. The van der Waals surface area contributed by atoms with Crippen LogP contribution in [0.25, 0.3) is 0 Å². The first-order valence-electron chi connectivity index (χ1n) is 7.03. The van der Waals surface area contributed by atoms with Crippen molar-refractivity contribution >= 4 is 5.97 Å². The highest BCUT2D eigenvalue weighted by molar-refractivity contribution is 5.78. The molecular weight excluding hydrogens is 256 g/mol. The maximum atomic E-state index is 11.4. The Kier molecular flexibility index (Phi) is 5.57. The molecule has 0 saturated heterocycles. The molecule has 0 aliphatic carbocycles. The molecule has 2 N–H and O–H groups in total. The van der Waals surface area contributed by atoms with Gasteiger partial charge in [0.05, 0.1) is 6.10 Å². The molecule has 0 radical (unpaired) electrons. The lowest BCUT2D eigenvalue weighted by molar-refractivity contribution is -0.161. The summed E-state index contributed by atoms with van der Waals surface area (Å²) in [5.74, 6) is -0.910. The third-order valence-electron chi connectivity index (χ3n) is 3.47. The Hall–Kier alpha value is -1.55. The summed E-state index contributed by atoms with van der Waals surface area (Å²) in [6.07, 6.45) is 0.935. The highest BCUT2D eigenvalue weighted by atomic mass is 16.5. The van der Waals surface area contributed by atoms with Gasteiger partial charge in [-0.3, -0.25) is 0 Å². The second kappa shape index (κ2) is 6.75. The van der Waals surface area contributed by atoms with Crippen molar-refractivity contribution in [2.24, 2.45) is 0 Å². The summed E-state index contributed by atoms with van der Waals surface area (Å²) >= 11 is 0. The second-order valence-corrected chi connectivity index (χ2v) is 5.44. The molecule has 0 aliphatic rings. The zero-order chi connectivity index (χ0) is 15.3. The Morgan fingerprint density at radius 2 is 1.80 bits per heavy atom. The number of aliphatic hydroxyl groups is 1. The predicted octanol–water partition coefficient (Wildman–Crippen LogP) is 3.19. The van der Waals surface area contributed by atoms with E-state index in [1.54, 1.807) is 19.1 Å². The monoisotopic (exact) mass is 280 g/mol. The van der Waals surface area contributed by atoms with E-state index in [2.05, 4.69) is 0 Å². The van der Waals surface area contributed by atoms with Crippen LogP contribution in [-0.4, -0.2) is 27.9 Å². The van der Waals surface area contributed by atoms with E-state index in [9.17, 15) is 15.0 Å². The third kappa shape index (κ3) is 3.73. The summed E-state index contributed by atoms with van der Waals surface area (Å²) in [6, 6.07) is 7.23. The van der Waals surface area contributed by atoms with Crippen molar-refractivity contribution in [3.05, 3.63) is 29.8 Å². The fourth-order valence-corrected chi connectivity index (χ4v) is 2.27. The van der Waals surface area contributed by atoms with Gasteiger partial charge < -0.3 is 14.9 Å². The number of hydrogen-bond donors (Lipinski definition) is 2. The Morgan fingerprint density at radius 3 is 2.20 bits per heavy atom. The van der Waals surface area contributed by atoms with Crippen molar-refractivity contribution in [1.29, 1.82) is 0 Å². The predicted molar refractivity (Wildman–Crippen MR) is 78.1 cm³/mol. The fraction of sp³-hybridized carbons (Fsp3) is 0.562. The van der Waals surface area contributed by atoms with Gasteiger partial charge in [-0.15, -0.1) is 0 Å². The van der Waals surface area contributed by atoms with Gasteiger partial charge in [-0.25, -0.2) is 4.79 Å². The molecule has 0 aliphatic heterocycles. The molecule has 0 bridgehead atoms. The maximum absolute atomic E-state index is 11.4. The van der Waals surface area contributed by atoms with E-state index in [-0.39, 0.29) is 12.5 Å². The summed E-state index contributed by atoms with van der Waals surface area (Å²) in [7, 11) is 0. The third-order valence-corrected chi connectivity index (χ3v) is 3.47. The number of carbonyl (C=O) groups is 1. The Balaban J connectivity index is 2.95. The van der Waals surface area contributed by atoms with E-state index >= 15 is 0 Å². The fourth-order valence-electron chi connectivity index (χ4n) is 2.27. The largest absolute Gasteiger partial charge is 0.491 e. The Bertz CT molecular complexity index is 438. The minimum atomic E-state index is -1.73. The molecule has 20 heavy (non-hydrogen) atoms. The summed E-state index contributed by atoms with van der Waals surface area (Å²) in [4.78, 5) is 11.4. The maximum Gasteiger partial charge on any atom is 0.336 e. The summed E-state index contributed by atoms with van der Waals surface area (Å²) < 4.78 is 5.55. The molecule has 112 valence electrons. The average molecular weight is 280 g/mol. The van der Waals surface area contributed by atoms with Crippen LogP contribution in [0.2, 0.25) is 0 Å². The number of carboxylic acids is 1. The molecular formula is C16H24O4. The highest BCUT2D eigenvalue weighted by Gasteiger charge is 2.41. The van der Waals surface area contributed by atoms with Crippen molar-refractivity contribution in [3.63, 3.8) is 0 Å². The molecule has 2 atom stereocenters. The lowest BCUT2D eigenvalue weighted by atomic mass is 9.80. The summed E-state index contributed by atoms with van der Waals surface area (Å²) in [5, 5.41) is 19.7. The van der Waals surface area contributed by atoms with Crippen LogP contribution in [0.15, 0.2) is 24.3 Å². The van der Waals surface area contributed by atoms with Crippen LogP contribution in [0.4, 0.5) is 0 Å². The minimum absolute atomic E-state index is 0.0920. The Labute approximate surface area is 120 Å². The first kappa shape index (κ1) is 16.5. The van der Waals surface area contributed by atoms with Crippen LogP contribution >= 0.6 is 0 Å². The molecule has 4 heteroatoms. The van der Waals surface area contributed by atoms with Crippen molar-refractivity contribution in [1.82, 2.24) is 0 Å². The van der Waals surface area contributed by atoms with Gasteiger partial charge in [0, 0.05) is 5.92 Å². The van der Waals surface area contributed by atoms with Crippen LogP contribution in [0, 0.1) is 0 Å². The van der Waals surface area contributed by atoms with E-state index in [0.717, 1.165) is 11.3 Å². The lowest BCUT2D eigenvalue weighted by Gasteiger charge is -2.30. The van der Waals surface area contributed by atoms with Crippen LogP contribution in [-0.2, 0) is 4.79 Å².